The summed E-state index contributed by atoms with van der Waals surface area (Å²) >= 11 is 6.18. The highest BCUT2D eigenvalue weighted by Crippen LogP contribution is 2.40. The van der Waals surface area contributed by atoms with Gasteiger partial charge in [-0.25, -0.2) is 0 Å². The summed E-state index contributed by atoms with van der Waals surface area (Å²) in [6.45, 7) is 3.04. The summed E-state index contributed by atoms with van der Waals surface area (Å²) in [5.74, 6) is 0.901. The summed E-state index contributed by atoms with van der Waals surface area (Å²) in [7, 11) is 1.61. The number of benzene rings is 2. The first-order valence-corrected chi connectivity index (χ1v) is 7.56. The summed E-state index contributed by atoms with van der Waals surface area (Å²) in [4.78, 5) is 2.24. The van der Waals surface area contributed by atoms with Crippen molar-refractivity contribution in [1.82, 2.24) is 0 Å². The molecule has 0 atom stereocenters. The predicted octanol–water partition coefficient (Wildman–Crippen LogP) is 3.56. The topological polar surface area (TPSA) is 41.9 Å². The van der Waals surface area contributed by atoms with Crippen LogP contribution in [0.3, 0.4) is 0 Å². The van der Waals surface area contributed by atoms with Crippen molar-refractivity contribution in [3.63, 3.8) is 0 Å². The molecular weight excluding hydrogens is 302 g/mol. The van der Waals surface area contributed by atoms with Gasteiger partial charge in [0.1, 0.15) is 11.5 Å². The molecular formula is C17H18ClNO3. The molecule has 1 aliphatic rings. The van der Waals surface area contributed by atoms with Gasteiger partial charge in [-0.3, -0.25) is 0 Å². The lowest BCUT2D eigenvalue weighted by atomic mass is 10.0. The highest BCUT2D eigenvalue weighted by atomic mass is 35.5. The zero-order valence-electron chi connectivity index (χ0n) is 12.4. The highest BCUT2D eigenvalue weighted by molar-refractivity contribution is 6.31. The van der Waals surface area contributed by atoms with Crippen molar-refractivity contribution in [3.05, 3.63) is 41.4 Å². The summed E-state index contributed by atoms with van der Waals surface area (Å²) in [5, 5.41) is 10.9. The second-order valence-corrected chi connectivity index (χ2v) is 5.58. The lowest BCUT2D eigenvalue weighted by Crippen LogP contribution is -2.36. The number of halogens is 1. The number of hydrogen-bond donors (Lipinski definition) is 1. The fourth-order valence-electron chi connectivity index (χ4n) is 2.66. The van der Waals surface area contributed by atoms with Gasteiger partial charge in [-0.2, -0.15) is 0 Å². The number of methoxy groups -OCH3 is 1. The molecule has 1 saturated heterocycles. The molecule has 2 aromatic carbocycles. The van der Waals surface area contributed by atoms with Crippen LogP contribution >= 0.6 is 11.6 Å². The highest BCUT2D eigenvalue weighted by Gasteiger charge is 2.18. The number of rotatable bonds is 3. The Morgan fingerprint density at radius 3 is 2.59 bits per heavy atom. The first-order valence-electron chi connectivity index (χ1n) is 7.18. The average Bonchev–Trinajstić information content (AvgIpc) is 2.56. The van der Waals surface area contributed by atoms with E-state index in [9.17, 15) is 5.11 Å². The Hall–Kier alpha value is -1.91. The van der Waals surface area contributed by atoms with Crippen LogP contribution in [0.4, 0.5) is 5.69 Å². The molecule has 0 amide bonds. The van der Waals surface area contributed by atoms with E-state index in [4.69, 9.17) is 21.1 Å². The quantitative estimate of drug-likeness (QED) is 0.939. The van der Waals surface area contributed by atoms with Crippen molar-refractivity contribution >= 4 is 17.3 Å². The third kappa shape index (κ3) is 2.98. The number of anilines is 1. The van der Waals surface area contributed by atoms with Crippen molar-refractivity contribution in [2.75, 3.05) is 38.3 Å². The van der Waals surface area contributed by atoms with Crippen LogP contribution in [-0.4, -0.2) is 38.5 Å². The average molecular weight is 320 g/mol. The van der Waals surface area contributed by atoms with Crippen molar-refractivity contribution in [1.29, 1.82) is 0 Å². The molecule has 0 bridgehead atoms. The second-order valence-electron chi connectivity index (χ2n) is 5.14. The van der Waals surface area contributed by atoms with Gasteiger partial charge in [-0.1, -0.05) is 11.6 Å². The van der Waals surface area contributed by atoms with E-state index in [1.807, 2.05) is 24.3 Å². The number of aromatic hydroxyl groups is 1. The molecule has 4 nitrogen and oxygen atoms in total. The molecule has 0 aromatic heterocycles. The molecule has 1 aliphatic heterocycles. The Bertz CT molecular complexity index is 669. The van der Waals surface area contributed by atoms with Gasteiger partial charge < -0.3 is 19.5 Å². The van der Waals surface area contributed by atoms with Gasteiger partial charge in [0.05, 0.1) is 20.3 Å². The molecule has 22 heavy (non-hydrogen) atoms. The molecule has 0 saturated carbocycles. The Kier molecular flexibility index (Phi) is 4.41. The minimum atomic E-state index is 0.206. The van der Waals surface area contributed by atoms with E-state index >= 15 is 0 Å². The Labute approximate surface area is 134 Å². The standard InChI is InChI=1S/C17H18ClNO3/c1-21-13-3-5-17(20)15(11-13)14-10-12(18)2-4-16(14)19-6-8-22-9-7-19/h2-5,10-11,20H,6-9H2,1H3. The summed E-state index contributed by atoms with van der Waals surface area (Å²) in [6.07, 6.45) is 0. The number of phenols is 1. The third-order valence-electron chi connectivity index (χ3n) is 3.80. The zero-order chi connectivity index (χ0) is 15.5. The van der Waals surface area contributed by atoms with Crippen LogP contribution in [0.5, 0.6) is 11.5 Å². The van der Waals surface area contributed by atoms with Crippen LogP contribution < -0.4 is 9.64 Å². The molecule has 1 fully saturated rings. The molecule has 0 radical (unpaired) electrons. The van der Waals surface area contributed by atoms with Crippen LogP contribution in [0, 0.1) is 0 Å². The van der Waals surface area contributed by atoms with E-state index < -0.39 is 0 Å². The van der Waals surface area contributed by atoms with E-state index in [1.165, 1.54) is 0 Å². The molecule has 1 N–H and O–H groups in total. The maximum atomic E-state index is 10.3. The second kappa shape index (κ2) is 6.46. The van der Waals surface area contributed by atoms with Gasteiger partial charge in [0.2, 0.25) is 0 Å². The van der Waals surface area contributed by atoms with E-state index in [2.05, 4.69) is 4.90 Å². The number of phenolic OH excluding ortho intramolecular Hbond substituents is 1. The first-order chi connectivity index (χ1) is 10.7. The molecule has 0 spiro atoms. The summed E-state index contributed by atoms with van der Waals surface area (Å²) < 4.78 is 10.7. The minimum Gasteiger partial charge on any atom is -0.507 e. The van der Waals surface area contributed by atoms with Crippen molar-refractivity contribution in [2.45, 2.75) is 0 Å². The van der Waals surface area contributed by atoms with E-state index in [0.29, 0.717) is 29.5 Å². The van der Waals surface area contributed by atoms with Crippen molar-refractivity contribution in [3.8, 4) is 22.6 Å². The molecule has 0 unspecified atom stereocenters. The van der Waals surface area contributed by atoms with E-state index in [0.717, 1.165) is 24.3 Å². The molecule has 2 aromatic rings. The smallest absolute Gasteiger partial charge is 0.123 e. The van der Waals surface area contributed by atoms with Crippen LogP contribution in [0.2, 0.25) is 5.02 Å². The Balaban J connectivity index is 2.10. The summed E-state index contributed by atoms with van der Waals surface area (Å²) in [6, 6.07) is 10.9. The molecule has 116 valence electrons. The van der Waals surface area contributed by atoms with Crippen LogP contribution in [0.25, 0.3) is 11.1 Å². The fourth-order valence-corrected chi connectivity index (χ4v) is 2.83. The Morgan fingerprint density at radius 1 is 1.09 bits per heavy atom. The molecule has 5 heteroatoms. The number of hydrogen-bond acceptors (Lipinski definition) is 4. The van der Waals surface area contributed by atoms with Crippen LogP contribution in [-0.2, 0) is 4.74 Å². The fraction of sp³-hybridized carbons (Fsp3) is 0.294. The SMILES string of the molecule is COc1ccc(O)c(-c2cc(Cl)ccc2N2CCOCC2)c1. The normalized spacial score (nSPS) is 14.9. The van der Waals surface area contributed by atoms with Crippen molar-refractivity contribution < 1.29 is 14.6 Å². The van der Waals surface area contributed by atoms with Crippen molar-refractivity contribution in [2.24, 2.45) is 0 Å². The summed E-state index contributed by atoms with van der Waals surface area (Å²) in [5.41, 5.74) is 2.64. The first kappa shape index (κ1) is 15.0. The molecule has 0 aliphatic carbocycles. The van der Waals surface area contributed by atoms with Gasteiger partial charge in [-0.15, -0.1) is 0 Å². The van der Waals surface area contributed by atoms with E-state index in [1.54, 1.807) is 19.2 Å². The molecule has 3 rings (SSSR count). The number of morpholine rings is 1. The largest absolute Gasteiger partial charge is 0.507 e. The van der Waals surface area contributed by atoms with Gasteiger partial charge in [0.25, 0.3) is 0 Å². The zero-order valence-corrected chi connectivity index (χ0v) is 13.1. The van der Waals surface area contributed by atoms with Crippen LogP contribution in [0.1, 0.15) is 0 Å². The Morgan fingerprint density at radius 2 is 1.86 bits per heavy atom. The van der Waals surface area contributed by atoms with Gasteiger partial charge in [0.15, 0.2) is 0 Å². The number of ether oxygens (including phenoxy) is 2. The van der Waals surface area contributed by atoms with Gasteiger partial charge in [0, 0.05) is 34.9 Å². The maximum absolute atomic E-state index is 10.3. The molecule has 1 heterocycles. The number of nitrogens with zero attached hydrogens (tertiary/aromatic N) is 1. The van der Waals surface area contributed by atoms with Gasteiger partial charge in [-0.05, 0) is 36.4 Å². The monoisotopic (exact) mass is 319 g/mol. The minimum absolute atomic E-state index is 0.206. The maximum Gasteiger partial charge on any atom is 0.123 e. The predicted molar refractivity (Wildman–Crippen MR) is 88.1 cm³/mol. The van der Waals surface area contributed by atoms with E-state index in [-0.39, 0.29) is 5.75 Å². The van der Waals surface area contributed by atoms with Gasteiger partial charge >= 0.3 is 0 Å². The lowest BCUT2D eigenvalue weighted by Gasteiger charge is -2.31. The third-order valence-corrected chi connectivity index (χ3v) is 4.04. The van der Waals surface area contributed by atoms with Crippen LogP contribution in [0.15, 0.2) is 36.4 Å². The lowest BCUT2D eigenvalue weighted by molar-refractivity contribution is 0.123.